The summed E-state index contributed by atoms with van der Waals surface area (Å²) in [6.45, 7) is 5.74. The number of carbonyl (C=O) groups excluding carboxylic acids is 1. The highest BCUT2D eigenvalue weighted by molar-refractivity contribution is 5.74. The molecule has 0 N–H and O–H groups in total. The molecule has 3 aromatic heterocycles. The number of carbonyl (C=O) groups is 1. The van der Waals surface area contributed by atoms with Gasteiger partial charge in [0.05, 0.1) is 5.69 Å². The average Bonchev–Trinajstić information content (AvgIpc) is 2.53. The molecule has 0 amide bonds. The second-order valence-corrected chi connectivity index (χ2v) is 6.44. The number of rotatable bonds is 3. The number of esters is 1. The van der Waals surface area contributed by atoms with Crippen molar-refractivity contribution in [1.29, 1.82) is 0 Å². The molecule has 0 aliphatic carbocycles. The van der Waals surface area contributed by atoms with Gasteiger partial charge < -0.3 is 4.74 Å². The first-order valence-corrected chi connectivity index (χ1v) is 7.70. The summed E-state index contributed by atoms with van der Waals surface area (Å²) in [4.78, 5) is 24.8. The third-order valence-electron chi connectivity index (χ3n) is 3.25. The molecule has 0 aliphatic heterocycles. The molecule has 0 radical (unpaired) electrons. The number of aromatic nitrogens is 4. The molecule has 0 saturated heterocycles. The van der Waals surface area contributed by atoms with Gasteiger partial charge in [-0.1, -0.05) is 0 Å². The number of fused-ring (bicyclic) bond motifs is 1. The zero-order valence-corrected chi connectivity index (χ0v) is 13.9. The van der Waals surface area contributed by atoms with E-state index in [1.54, 1.807) is 17.0 Å². The Balaban J connectivity index is 1.77. The number of hydrogen-bond acceptors (Lipinski definition) is 5. The maximum absolute atomic E-state index is 11.9. The smallest absolute Gasteiger partial charge is 0.373 e. The van der Waals surface area contributed by atoms with Crippen molar-refractivity contribution in [2.45, 2.75) is 32.9 Å². The number of nitrogens with zero attached hydrogens (tertiary/aromatic N) is 4. The van der Waals surface area contributed by atoms with Crippen molar-refractivity contribution < 1.29 is 14.1 Å². The number of ether oxygens (including phenoxy) is 1. The van der Waals surface area contributed by atoms with Crippen molar-refractivity contribution in [3.05, 3.63) is 49.1 Å². The molecule has 0 fully saturated rings. The normalized spacial score (nSPS) is 11.5. The maximum Gasteiger partial charge on any atom is 0.373 e. The Hall–Kier alpha value is -2.89. The standard InChI is InChI=1S/C18H19N4O2/c1-18(2,3)24-16(23)12-22-10-6-13(7-11-22)14-4-5-15-17(21-14)20-9-8-19-15/h4-11H,12H2,1-3H3/q+1. The Morgan fingerprint density at radius 3 is 2.50 bits per heavy atom. The highest BCUT2D eigenvalue weighted by atomic mass is 16.6. The first kappa shape index (κ1) is 16.0. The van der Waals surface area contributed by atoms with Crippen LogP contribution in [0.4, 0.5) is 0 Å². The summed E-state index contributed by atoms with van der Waals surface area (Å²) in [6.07, 6.45) is 6.94. The highest BCUT2D eigenvalue weighted by Crippen LogP contribution is 2.17. The molecule has 0 atom stereocenters. The third-order valence-corrected chi connectivity index (χ3v) is 3.25. The zero-order valence-electron chi connectivity index (χ0n) is 13.9. The predicted molar refractivity (Wildman–Crippen MR) is 88.8 cm³/mol. The number of pyridine rings is 2. The quantitative estimate of drug-likeness (QED) is 0.546. The molecule has 24 heavy (non-hydrogen) atoms. The van der Waals surface area contributed by atoms with Crippen LogP contribution in [0, 0.1) is 0 Å². The van der Waals surface area contributed by atoms with E-state index in [-0.39, 0.29) is 12.5 Å². The van der Waals surface area contributed by atoms with Gasteiger partial charge in [0, 0.05) is 30.1 Å². The fraction of sp³-hybridized carbons (Fsp3) is 0.278. The lowest BCUT2D eigenvalue weighted by Crippen LogP contribution is -2.40. The summed E-state index contributed by atoms with van der Waals surface area (Å²) in [5.41, 5.74) is 2.65. The summed E-state index contributed by atoms with van der Waals surface area (Å²) in [6, 6.07) is 7.63. The largest absolute Gasteiger partial charge is 0.455 e. The molecule has 0 bridgehead atoms. The monoisotopic (exact) mass is 323 g/mol. The Labute approximate surface area is 140 Å². The molecule has 3 heterocycles. The van der Waals surface area contributed by atoms with Crippen LogP contribution in [-0.4, -0.2) is 26.5 Å². The lowest BCUT2D eigenvalue weighted by molar-refractivity contribution is -0.686. The predicted octanol–water partition coefficient (Wildman–Crippen LogP) is 2.32. The van der Waals surface area contributed by atoms with Crippen molar-refractivity contribution >= 4 is 17.1 Å². The second kappa shape index (κ2) is 6.31. The molecule has 6 heteroatoms. The minimum Gasteiger partial charge on any atom is -0.455 e. The van der Waals surface area contributed by atoms with E-state index in [2.05, 4.69) is 15.0 Å². The minimum absolute atomic E-state index is 0.175. The van der Waals surface area contributed by atoms with Gasteiger partial charge in [0.15, 0.2) is 18.0 Å². The Bertz CT molecular complexity index is 870. The van der Waals surface area contributed by atoms with Gasteiger partial charge in [0.1, 0.15) is 11.1 Å². The van der Waals surface area contributed by atoms with Gasteiger partial charge in [-0.15, -0.1) is 0 Å². The van der Waals surface area contributed by atoms with E-state index in [4.69, 9.17) is 4.74 Å². The van der Waals surface area contributed by atoms with Crippen LogP contribution in [0.2, 0.25) is 0 Å². The lowest BCUT2D eigenvalue weighted by Gasteiger charge is -2.18. The molecule has 0 aliphatic rings. The molecule has 0 unspecified atom stereocenters. The molecule has 6 nitrogen and oxygen atoms in total. The van der Waals surface area contributed by atoms with E-state index >= 15 is 0 Å². The van der Waals surface area contributed by atoms with Crippen LogP contribution in [0.3, 0.4) is 0 Å². The van der Waals surface area contributed by atoms with Crippen molar-refractivity contribution in [3.8, 4) is 11.3 Å². The van der Waals surface area contributed by atoms with Crippen LogP contribution >= 0.6 is 0 Å². The molecule has 0 aromatic carbocycles. The van der Waals surface area contributed by atoms with E-state index in [9.17, 15) is 4.79 Å². The van der Waals surface area contributed by atoms with Crippen LogP contribution in [0.15, 0.2) is 49.1 Å². The minimum atomic E-state index is -0.479. The van der Waals surface area contributed by atoms with Gasteiger partial charge in [-0.2, -0.15) is 4.57 Å². The summed E-state index contributed by atoms with van der Waals surface area (Å²) in [5, 5.41) is 0. The maximum atomic E-state index is 11.9. The van der Waals surface area contributed by atoms with E-state index in [0.717, 1.165) is 16.8 Å². The van der Waals surface area contributed by atoms with Crippen LogP contribution in [-0.2, 0) is 16.1 Å². The summed E-state index contributed by atoms with van der Waals surface area (Å²) in [5.74, 6) is -0.264. The molecule has 0 saturated carbocycles. The van der Waals surface area contributed by atoms with Gasteiger partial charge >= 0.3 is 5.97 Å². The third kappa shape index (κ3) is 3.90. The van der Waals surface area contributed by atoms with E-state index in [1.165, 1.54) is 0 Å². The van der Waals surface area contributed by atoms with Crippen LogP contribution < -0.4 is 4.57 Å². The molecule has 3 rings (SSSR count). The Morgan fingerprint density at radius 1 is 1.08 bits per heavy atom. The van der Waals surface area contributed by atoms with Gasteiger partial charge in [-0.25, -0.2) is 14.8 Å². The van der Waals surface area contributed by atoms with Crippen LogP contribution in [0.25, 0.3) is 22.4 Å². The van der Waals surface area contributed by atoms with E-state index < -0.39 is 5.60 Å². The lowest BCUT2D eigenvalue weighted by atomic mass is 10.2. The number of hydrogen-bond donors (Lipinski definition) is 0. The summed E-state index contributed by atoms with van der Waals surface area (Å²) in [7, 11) is 0. The van der Waals surface area contributed by atoms with Gasteiger partial charge in [0.25, 0.3) is 0 Å². The van der Waals surface area contributed by atoms with Gasteiger partial charge in [-0.3, -0.25) is 4.98 Å². The Kier molecular flexibility index (Phi) is 4.20. The van der Waals surface area contributed by atoms with Gasteiger partial charge in [-0.05, 0) is 32.9 Å². The second-order valence-electron chi connectivity index (χ2n) is 6.44. The Morgan fingerprint density at radius 2 is 1.79 bits per heavy atom. The van der Waals surface area contributed by atoms with Crippen LogP contribution in [0.1, 0.15) is 20.8 Å². The van der Waals surface area contributed by atoms with E-state index in [0.29, 0.717) is 5.65 Å². The molecular weight excluding hydrogens is 304 g/mol. The fourth-order valence-electron chi connectivity index (χ4n) is 2.27. The van der Waals surface area contributed by atoms with Crippen molar-refractivity contribution in [2.75, 3.05) is 0 Å². The van der Waals surface area contributed by atoms with Crippen molar-refractivity contribution in [3.63, 3.8) is 0 Å². The van der Waals surface area contributed by atoms with Crippen LogP contribution in [0.5, 0.6) is 0 Å². The van der Waals surface area contributed by atoms with E-state index in [1.807, 2.05) is 57.4 Å². The SMILES string of the molecule is CC(C)(C)OC(=O)C[n+]1ccc(-c2ccc3nccnc3n2)cc1. The molecule has 0 spiro atoms. The summed E-state index contributed by atoms with van der Waals surface area (Å²) >= 11 is 0. The topological polar surface area (TPSA) is 68.8 Å². The molecular formula is C18H19N4O2+. The first-order valence-electron chi connectivity index (χ1n) is 7.70. The summed E-state index contributed by atoms with van der Waals surface area (Å²) < 4.78 is 7.09. The fourth-order valence-corrected chi connectivity index (χ4v) is 2.27. The zero-order chi connectivity index (χ0) is 17.2. The van der Waals surface area contributed by atoms with Crippen molar-refractivity contribution in [1.82, 2.24) is 15.0 Å². The van der Waals surface area contributed by atoms with Crippen molar-refractivity contribution in [2.24, 2.45) is 0 Å². The molecule has 122 valence electrons. The first-order chi connectivity index (χ1) is 11.4. The highest BCUT2D eigenvalue weighted by Gasteiger charge is 2.19. The van der Waals surface area contributed by atoms with Gasteiger partial charge in [0.2, 0.25) is 6.54 Å². The molecule has 3 aromatic rings. The average molecular weight is 323 g/mol.